The molecule has 338 valence electrons. The summed E-state index contributed by atoms with van der Waals surface area (Å²) < 4.78 is 33.7. The van der Waals surface area contributed by atoms with Crippen molar-refractivity contribution < 1.29 is 47.6 Å². The highest BCUT2D eigenvalue weighted by atomic mass is 16.6. The molecule has 5 aromatic rings. The van der Waals surface area contributed by atoms with Gasteiger partial charge in [-0.05, 0) is 122 Å². The van der Waals surface area contributed by atoms with Gasteiger partial charge in [0.15, 0.2) is 0 Å². The van der Waals surface area contributed by atoms with E-state index in [9.17, 15) is 19.2 Å². The standard InChI is InChI=1S/C54H62O10/c1-3-5-7-9-11-13-15-17-38-59-45-30-22-41(23-31-45)51(55)61-47-34-26-43(27-35-47)53(57)63-49-20-19-21-50(40-49)64-54(58)44-28-36-48(37-29-44)62-52(56)42-24-32-46(33-25-42)60-39-18-16-14-12-10-8-6-4-2/h19-37,40H,3-18,38-39H2,1-2H3. The van der Waals surface area contributed by atoms with Crippen molar-refractivity contribution in [2.24, 2.45) is 0 Å². The van der Waals surface area contributed by atoms with Crippen molar-refractivity contribution >= 4 is 23.9 Å². The minimum absolute atomic E-state index is 0.154. The number of ether oxygens (including phenoxy) is 6. The summed E-state index contributed by atoms with van der Waals surface area (Å²) in [6.45, 7) is 5.73. The van der Waals surface area contributed by atoms with Crippen LogP contribution in [0.25, 0.3) is 0 Å². The lowest BCUT2D eigenvalue weighted by Crippen LogP contribution is -2.11. The first kappa shape index (κ1) is 48.6. The average molecular weight is 871 g/mol. The summed E-state index contributed by atoms with van der Waals surface area (Å²) in [5.74, 6) is -0.169. The van der Waals surface area contributed by atoms with Gasteiger partial charge in [-0.1, -0.05) is 110 Å². The van der Waals surface area contributed by atoms with Crippen LogP contribution in [0, 0.1) is 0 Å². The second-order valence-electron chi connectivity index (χ2n) is 15.8. The van der Waals surface area contributed by atoms with Gasteiger partial charge in [-0.15, -0.1) is 0 Å². The highest BCUT2D eigenvalue weighted by Crippen LogP contribution is 2.24. The number of esters is 4. The second kappa shape index (κ2) is 27.6. The average Bonchev–Trinajstić information content (AvgIpc) is 3.31. The summed E-state index contributed by atoms with van der Waals surface area (Å²) in [7, 11) is 0. The van der Waals surface area contributed by atoms with Gasteiger partial charge in [0.25, 0.3) is 0 Å². The van der Waals surface area contributed by atoms with Crippen molar-refractivity contribution in [3.05, 3.63) is 144 Å². The van der Waals surface area contributed by atoms with E-state index in [2.05, 4.69) is 13.8 Å². The van der Waals surface area contributed by atoms with Gasteiger partial charge in [0.1, 0.15) is 34.5 Å². The molecule has 0 aliphatic carbocycles. The van der Waals surface area contributed by atoms with E-state index in [1.165, 1.54) is 132 Å². The number of benzene rings is 5. The van der Waals surface area contributed by atoms with Crippen molar-refractivity contribution in [1.29, 1.82) is 0 Å². The highest BCUT2D eigenvalue weighted by molar-refractivity contribution is 5.94. The third-order valence-corrected chi connectivity index (χ3v) is 10.5. The first-order chi connectivity index (χ1) is 31.3. The maximum atomic E-state index is 13.0. The van der Waals surface area contributed by atoms with Gasteiger partial charge in [-0.25, -0.2) is 19.2 Å². The molecule has 0 fully saturated rings. The van der Waals surface area contributed by atoms with Crippen molar-refractivity contribution in [1.82, 2.24) is 0 Å². The first-order valence-electron chi connectivity index (χ1n) is 23.0. The van der Waals surface area contributed by atoms with Crippen LogP contribution < -0.4 is 28.4 Å². The number of carbonyl (C=O) groups excluding carboxylic acids is 4. The maximum Gasteiger partial charge on any atom is 0.343 e. The van der Waals surface area contributed by atoms with Gasteiger partial charge in [0.05, 0.1) is 35.5 Å². The zero-order chi connectivity index (χ0) is 45.2. The largest absolute Gasteiger partial charge is 0.494 e. The normalized spacial score (nSPS) is 10.8. The number of unbranched alkanes of at least 4 members (excludes halogenated alkanes) is 14. The molecule has 0 aliphatic rings. The van der Waals surface area contributed by atoms with E-state index in [4.69, 9.17) is 28.4 Å². The Kier molecular flexibility index (Phi) is 21.0. The van der Waals surface area contributed by atoms with Crippen LogP contribution in [0.15, 0.2) is 121 Å². The predicted molar refractivity (Wildman–Crippen MR) is 248 cm³/mol. The smallest absolute Gasteiger partial charge is 0.343 e. The molecule has 0 heterocycles. The van der Waals surface area contributed by atoms with E-state index in [1.54, 1.807) is 66.7 Å². The molecule has 64 heavy (non-hydrogen) atoms. The maximum absolute atomic E-state index is 13.0. The van der Waals surface area contributed by atoms with Crippen LogP contribution in [0.1, 0.15) is 158 Å². The molecule has 0 N–H and O–H groups in total. The van der Waals surface area contributed by atoms with Gasteiger partial charge in [-0.3, -0.25) is 0 Å². The lowest BCUT2D eigenvalue weighted by Gasteiger charge is -2.09. The molecule has 0 spiro atoms. The predicted octanol–water partition coefficient (Wildman–Crippen LogP) is 13.6. The van der Waals surface area contributed by atoms with E-state index >= 15 is 0 Å². The van der Waals surface area contributed by atoms with Crippen LogP contribution >= 0.6 is 0 Å². The molecular weight excluding hydrogens is 809 g/mol. The van der Waals surface area contributed by atoms with E-state index in [1.807, 2.05) is 0 Å². The summed E-state index contributed by atoms with van der Waals surface area (Å²) in [6, 6.07) is 31.8. The molecule has 0 radical (unpaired) electrons. The number of rotatable bonds is 28. The van der Waals surface area contributed by atoms with E-state index in [-0.39, 0.29) is 34.1 Å². The van der Waals surface area contributed by atoms with Crippen LogP contribution in [-0.2, 0) is 0 Å². The Bertz CT molecular complexity index is 2010. The molecule has 0 bridgehead atoms. The topological polar surface area (TPSA) is 124 Å². The van der Waals surface area contributed by atoms with Crippen LogP contribution in [0.4, 0.5) is 0 Å². The molecule has 0 saturated heterocycles. The Balaban J connectivity index is 1.00. The van der Waals surface area contributed by atoms with Crippen molar-refractivity contribution in [2.45, 2.75) is 117 Å². The fourth-order valence-electron chi connectivity index (χ4n) is 6.81. The fraction of sp³-hybridized carbons (Fsp3) is 0.370. The molecule has 0 aliphatic heterocycles. The van der Waals surface area contributed by atoms with Crippen molar-refractivity contribution in [3.8, 4) is 34.5 Å². The molecule has 0 aromatic heterocycles. The molecule has 10 heteroatoms. The Labute approximate surface area is 378 Å². The van der Waals surface area contributed by atoms with Crippen LogP contribution in [0.2, 0.25) is 0 Å². The monoisotopic (exact) mass is 870 g/mol. The first-order valence-corrected chi connectivity index (χ1v) is 23.0. The van der Waals surface area contributed by atoms with Gasteiger partial charge in [0.2, 0.25) is 0 Å². The number of hydrogen-bond donors (Lipinski definition) is 0. The Hall–Kier alpha value is -6.42. The van der Waals surface area contributed by atoms with Gasteiger partial charge in [-0.2, -0.15) is 0 Å². The van der Waals surface area contributed by atoms with E-state index < -0.39 is 23.9 Å². The van der Waals surface area contributed by atoms with Crippen molar-refractivity contribution in [3.63, 3.8) is 0 Å². The lowest BCUT2D eigenvalue weighted by molar-refractivity contribution is 0.0723. The molecule has 10 nitrogen and oxygen atoms in total. The SMILES string of the molecule is CCCCCCCCCCOc1ccc(C(=O)Oc2ccc(C(=O)Oc3cccc(OC(=O)c4ccc(OC(=O)c5ccc(OCCCCCCCCCC)cc5)cc4)c3)cc2)cc1. The molecule has 5 aromatic carbocycles. The third kappa shape index (κ3) is 17.4. The van der Waals surface area contributed by atoms with E-state index in [0.29, 0.717) is 35.8 Å². The lowest BCUT2D eigenvalue weighted by atomic mass is 10.1. The summed E-state index contributed by atoms with van der Waals surface area (Å²) >= 11 is 0. The number of carbonyl (C=O) groups is 4. The summed E-state index contributed by atoms with van der Waals surface area (Å²) in [6.07, 6.45) is 19.7. The Morgan fingerprint density at radius 1 is 0.312 bits per heavy atom. The highest BCUT2D eigenvalue weighted by Gasteiger charge is 2.15. The zero-order valence-electron chi connectivity index (χ0n) is 37.4. The quantitative estimate of drug-likeness (QED) is 0.0272. The molecule has 0 saturated carbocycles. The van der Waals surface area contributed by atoms with Gasteiger partial charge < -0.3 is 28.4 Å². The molecule has 0 amide bonds. The van der Waals surface area contributed by atoms with Crippen LogP contribution in [0.3, 0.4) is 0 Å². The number of hydrogen-bond acceptors (Lipinski definition) is 10. The minimum Gasteiger partial charge on any atom is -0.494 e. The second-order valence-corrected chi connectivity index (χ2v) is 15.8. The minimum atomic E-state index is -0.660. The Morgan fingerprint density at radius 3 is 0.891 bits per heavy atom. The van der Waals surface area contributed by atoms with Gasteiger partial charge in [0, 0.05) is 6.07 Å². The summed E-state index contributed by atoms with van der Waals surface area (Å²) in [4.78, 5) is 51.4. The molecule has 0 unspecified atom stereocenters. The summed E-state index contributed by atoms with van der Waals surface area (Å²) in [5.41, 5.74) is 1.18. The van der Waals surface area contributed by atoms with E-state index in [0.717, 1.165) is 25.7 Å². The fourth-order valence-corrected chi connectivity index (χ4v) is 6.81. The Morgan fingerprint density at radius 2 is 0.578 bits per heavy atom. The van der Waals surface area contributed by atoms with Gasteiger partial charge >= 0.3 is 23.9 Å². The van der Waals surface area contributed by atoms with Crippen LogP contribution in [-0.4, -0.2) is 37.1 Å². The molecule has 0 atom stereocenters. The van der Waals surface area contributed by atoms with Crippen LogP contribution in [0.5, 0.6) is 34.5 Å². The van der Waals surface area contributed by atoms with Crippen molar-refractivity contribution in [2.75, 3.05) is 13.2 Å². The zero-order valence-corrected chi connectivity index (χ0v) is 37.4. The molecule has 5 rings (SSSR count). The molecular formula is C54H62O10. The third-order valence-electron chi connectivity index (χ3n) is 10.5. The summed E-state index contributed by atoms with van der Waals surface area (Å²) in [5, 5.41) is 0.